The lowest BCUT2D eigenvalue weighted by Crippen LogP contribution is -2.34. The minimum atomic E-state index is -0.164. The van der Waals surface area contributed by atoms with E-state index < -0.39 is 0 Å². The molecule has 0 spiro atoms. The summed E-state index contributed by atoms with van der Waals surface area (Å²) >= 11 is 0. The fourth-order valence-electron chi connectivity index (χ4n) is 4.61. The van der Waals surface area contributed by atoms with Gasteiger partial charge in [-0.15, -0.1) is 0 Å². The monoisotopic (exact) mass is 498 g/mol. The van der Waals surface area contributed by atoms with Crippen LogP contribution >= 0.6 is 0 Å². The molecule has 7 nitrogen and oxygen atoms in total. The molecule has 3 aromatic carbocycles. The van der Waals surface area contributed by atoms with Crippen molar-refractivity contribution >= 4 is 5.91 Å². The SMILES string of the molecule is COc1ccccc1-c1noc(C)c1C(=O)N1CCOCCOc2ccccc2Cc2cccc(c2)C1. The Kier molecular flexibility index (Phi) is 7.51. The first kappa shape index (κ1) is 24.6. The number of nitrogens with zero attached hydrogens (tertiary/aromatic N) is 2. The molecule has 4 aromatic rings. The molecule has 0 fully saturated rings. The summed E-state index contributed by atoms with van der Waals surface area (Å²) in [6.07, 6.45) is 0.738. The Hall–Kier alpha value is -4.10. The van der Waals surface area contributed by atoms with Crippen molar-refractivity contribution < 1.29 is 23.5 Å². The molecule has 2 bridgehead atoms. The van der Waals surface area contributed by atoms with E-state index in [1.807, 2.05) is 54.6 Å². The standard InChI is InChI=1S/C30H30N2O5/c1-21-28(29(31-37-21)25-11-4-6-13-27(25)34-2)30(33)32-14-15-35-16-17-36-26-12-5-3-10-24(26)19-22-8-7-9-23(18-22)20-32/h3-13,18H,14-17,19-20H2,1-2H3. The van der Waals surface area contributed by atoms with Crippen LogP contribution in [-0.4, -0.2) is 49.4 Å². The predicted molar refractivity (Wildman–Crippen MR) is 140 cm³/mol. The zero-order chi connectivity index (χ0) is 25.6. The minimum absolute atomic E-state index is 0.164. The van der Waals surface area contributed by atoms with Crippen LogP contribution < -0.4 is 9.47 Å². The van der Waals surface area contributed by atoms with Crippen LogP contribution in [0.5, 0.6) is 11.5 Å². The molecular formula is C30H30N2O5. The molecule has 190 valence electrons. The molecule has 0 unspecified atom stereocenters. The number of para-hydroxylation sites is 2. The third-order valence-electron chi connectivity index (χ3n) is 6.45. The first-order chi connectivity index (χ1) is 18.1. The van der Waals surface area contributed by atoms with Crippen LogP contribution in [0.25, 0.3) is 11.3 Å². The van der Waals surface area contributed by atoms with Crippen LogP contribution in [0.1, 0.15) is 32.8 Å². The number of ether oxygens (including phenoxy) is 3. The quantitative estimate of drug-likeness (QED) is 0.382. The van der Waals surface area contributed by atoms with Crippen molar-refractivity contribution in [3.63, 3.8) is 0 Å². The van der Waals surface area contributed by atoms with Crippen molar-refractivity contribution in [3.05, 3.63) is 101 Å². The third kappa shape index (κ3) is 5.52. The van der Waals surface area contributed by atoms with Gasteiger partial charge in [0, 0.05) is 25.1 Å². The number of fused-ring (bicyclic) bond motifs is 3. The molecule has 1 aliphatic rings. The lowest BCUT2D eigenvalue weighted by molar-refractivity contribution is 0.0570. The molecule has 5 rings (SSSR count). The van der Waals surface area contributed by atoms with Gasteiger partial charge in [0.2, 0.25) is 0 Å². The largest absolute Gasteiger partial charge is 0.496 e. The number of aryl methyl sites for hydroxylation is 1. The van der Waals surface area contributed by atoms with E-state index in [1.54, 1.807) is 18.9 Å². The molecule has 2 heterocycles. The van der Waals surface area contributed by atoms with Crippen molar-refractivity contribution in [1.82, 2.24) is 10.1 Å². The summed E-state index contributed by atoms with van der Waals surface area (Å²) in [6.45, 7) is 3.86. The second-order valence-electron chi connectivity index (χ2n) is 8.95. The van der Waals surface area contributed by atoms with Gasteiger partial charge in [0.25, 0.3) is 5.91 Å². The number of aromatic nitrogens is 1. The van der Waals surface area contributed by atoms with Gasteiger partial charge in [0.1, 0.15) is 35.1 Å². The molecule has 37 heavy (non-hydrogen) atoms. The van der Waals surface area contributed by atoms with E-state index >= 15 is 0 Å². The molecule has 7 heteroatoms. The Morgan fingerprint density at radius 3 is 2.65 bits per heavy atom. The zero-order valence-corrected chi connectivity index (χ0v) is 21.1. The van der Waals surface area contributed by atoms with E-state index in [-0.39, 0.29) is 5.91 Å². The number of rotatable bonds is 3. The average molecular weight is 499 g/mol. The highest BCUT2D eigenvalue weighted by molar-refractivity contribution is 6.01. The Morgan fingerprint density at radius 2 is 1.76 bits per heavy atom. The fraction of sp³-hybridized carbons (Fsp3) is 0.267. The first-order valence-electron chi connectivity index (χ1n) is 12.4. The molecule has 1 aromatic heterocycles. The number of methoxy groups -OCH3 is 1. The van der Waals surface area contributed by atoms with Crippen LogP contribution in [0, 0.1) is 6.92 Å². The highest BCUT2D eigenvalue weighted by Gasteiger charge is 2.28. The average Bonchev–Trinajstić information content (AvgIpc) is 3.31. The number of benzene rings is 3. The molecule has 0 saturated carbocycles. The van der Waals surface area contributed by atoms with Gasteiger partial charge in [0.15, 0.2) is 0 Å². The van der Waals surface area contributed by atoms with E-state index in [2.05, 4.69) is 23.4 Å². The number of hydrogen-bond acceptors (Lipinski definition) is 6. The topological polar surface area (TPSA) is 74.0 Å². The fourth-order valence-corrected chi connectivity index (χ4v) is 4.61. The van der Waals surface area contributed by atoms with Gasteiger partial charge in [-0.3, -0.25) is 4.79 Å². The molecule has 0 radical (unpaired) electrons. The number of carbonyl (C=O) groups excluding carboxylic acids is 1. The Morgan fingerprint density at radius 1 is 0.946 bits per heavy atom. The summed E-state index contributed by atoms with van der Waals surface area (Å²) in [6, 6.07) is 23.9. The maximum absolute atomic E-state index is 14.0. The molecule has 0 aliphatic carbocycles. The lowest BCUT2D eigenvalue weighted by Gasteiger charge is -2.24. The number of amides is 1. The van der Waals surface area contributed by atoms with Gasteiger partial charge in [-0.25, -0.2) is 0 Å². The third-order valence-corrected chi connectivity index (χ3v) is 6.45. The van der Waals surface area contributed by atoms with E-state index in [9.17, 15) is 4.79 Å². The summed E-state index contributed by atoms with van der Waals surface area (Å²) in [4.78, 5) is 15.8. The second kappa shape index (κ2) is 11.3. The van der Waals surface area contributed by atoms with Gasteiger partial charge in [-0.1, -0.05) is 59.8 Å². The van der Waals surface area contributed by atoms with Crippen LogP contribution in [0.15, 0.2) is 77.3 Å². The van der Waals surface area contributed by atoms with Crippen molar-refractivity contribution in [2.45, 2.75) is 19.9 Å². The van der Waals surface area contributed by atoms with Gasteiger partial charge in [-0.05, 0) is 41.8 Å². The summed E-state index contributed by atoms with van der Waals surface area (Å²) in [5.74, 6) is 1.80. The van der Waals surface area contributed by atoms with Gasteiger partial charge in [-0.2, -0.15) is 0 Å². The van der Waals surface area contributed by atoms with E-state index in [1.165, 1.54) is 0 Å². The predicted octanol–water partition coefficient (Wildman–Crippen LogP) is 5.30. The summed E-state index contributed by atoms with van der Waals surface area (Å²) in [7, 11) is 1.60. The Bertz CT molecular complexity index is 1380. The maximum atomic E-state index is 14.0. The molecule has 0 N–H and O–H groups in total. The molecule has 1 aliphatic heterocycles. The van der Waals surface area contributed by atoms with Gasteiger partial charge in [0.05, 0.1) is 20.3 Å². The van der Waals surface area contributed by atoms with Gasteiger partial charge < -0.3 is 23.6 Å². The highest BCUT2D eigenvalue weighted by atomic mass is 16.5. The molecule has 1 amide bonds. The van der Waals surface area contributed by atoms with Crippen molar-refractivity contribution in [2.24, 2.45) is 0 Å². The van der Waals surface area contributed by atoms with E-state index in [0.717, 1.165) is 28.9 Å². The van der Waals surface area contributed by atoms with Crippen LogP contribution in [0.3, 0.4) is 0 Å². The van der Waals surface area contributed by atoms with Crippen LogP contribution in [0.4, 0.5) is 0 Å². The lowest BCUT2D eigenvalue weighted by atomic mass is 10.0. The van der Waals surface area contributed by atoms with Crippen molar-refractivity contribution in [1.29, 1.82) is 0 Å². The van der Waals surface area contributed by atoms with Crippen LogP contribution in [0.2, 0.25) is 0 Å². The maximum Gasteiger partial charge on any atom is 0.260 e. The molecule has 0 atom stereocenters. The van der Waals surface area contributed by atoms with E-state index in [4.69, 9.17) is 18.7 Å². The summed E-state index contributed by atoms with van der Waals surface area (Å²) < 4.78 is 22.9. The van der Waals surface area contributed by atoms with Crippen molar-refractivity contribution in [3.8, 4) is 22.8 Å². The Balaban J connectivity index is 1.48. The smallest absolute Gasteiger partial charge is 0.260 e. The number of hydrogen-bond donors (Lipinski definition) is 0. The normalized spacial score (nSPS) is 14.3. The first-order valence-corrected chi connectivity index (χ1v) is 12.4. The van der Waals surface area contributed by atoms with Crippen LogP contribution in [-0.2, 0) is 17.7 Å². The minimum Gasteiger partial charge on any atom is -0.496 e. The molecule has 0 saturated heterocycles. The summed E-state index contributed by atoms with van der Waals surface area (Å²) in [5, 5.41) is 4.23. The Labute approximate surface area is 216 Å². The molecular weight excluding hydrogens is 468 g/mol. The van der Waals surface area contributed by atoms with E-state index in [0.29, 0.717) is 61.2 Å². The highest BCUT2D eigenvalue weighted by Crippen LogP contribution is 2.33. The zero-order valence-electron chi connectivity index (χ0n) is 21.1. The van der Waals surface area contributed by atoms with Crippen molar-refractivity contribution in [2.75, 3.05) is 33.5 Å². The summed E-state index contributed by atoms with van der Waals surface area (Å²) in [5.41, 5.74) is 4.92. The second-order valence-corrected chi connectivity index (χ2v) is 8.95. The number of carbonyl (C=O) groups is 1. The van der Waals surface area contributed by atoms with Gasteiger partial charge >= 0.3 is 0 Å².